The number of nitrogen functional groups attached to an aromatic ring is 1. The van der Waals surface area contributed by atoms with Crippen molar-refractivity contribution in [2.24, 2.45) is 16.5 Å². The minimum atomic E-state index is -0.802. The third-order valence-electron chi connectivity index (χ3n) is 2.58. The van der Waals surface area contributed by atoms with Gasteiger partial charge in [0.2, 0.25) is 0 Å². The molecule has 0 spiro atoms. The van der Waals surface area contributed by atoms with Crippen LogP contribution in [0.15, 0.2) is 47.5 Å². The van der Waals surface area contributed by atoms with Gasteiger partial charge < -0.3 is 17.2 Å². The summed E-state index contributed by atoms with van der Waals surface area (Å²) in [5, 5.41) is 0.0252. The molecular weight excluding hydrogens is 304 g/mol. The van der Waals surface area contributed by atoms with Crippen LogP contribution in [-0.2, 0) is 0 Å². The maximum atomic E-state index is 11.8. The average molecular weight is 317 g/mol. The standard InChI is InChI=1S/C14H13ClN6O/c15-11-9(8-6-4-2-1-3-5-7-8)20-12(16)10(19-11)13(22)21-14(17)18/h1-7H,(H2,16,20)(H4,17,18,21,22)/b2-1-,3-1?,4-2?,5-3-,6-4-,7-5?,8-6?,8-7+. The van der Waals surface area contributed by atoms with Gasteiger partial charge in [0.25, 0.3) is 0 Å². The van der Waals surface area contributed by atoms with Gasteiger partial charge in [-0.25, -0.2) is 9.97 Å². The minimum absolute atomic E-state index is 0.0252. The predicted molar refractivity (Wildman–Crippen MR) is 87.0 cm³/mol. The fourth-order valence-corrected chi connectivity index (χ4v) is 1.90. The molecule has 2 rings (SSSR count). The van der Waals surface area contributed by atoms with Gasteiger partial charge in [-0.15, -0.1) is 0 Å². The number of aliphatic imine (C=N–C) groups is 1. The number of halogens is 1. The summed E-state index contributed by atoms with van der Waals surface area (Å²) in [4.78, 5) is 23.2. The Morgan fingerprint density at radius 1 is 1.09 bits per heavy atom. The van der Waals surface area contributed by atoms with E-state index >= 15 is 0 Å². The second-order valence-corrected chi connectivity index (χ2v) is 4.55. The molecule has 1 aliphatic carbocycles. The Hall–Kier alpha value is -2.93. The van der Waals surface area contributed by atoms with Gasteiger partial charge in [-0.05, 0) is 0 Å². The molecule has 0 unspecified atom stereocenters. The van der Waals surface area contributed by atoms with Gasteiger partial charge >= 0.3 is 5.91 Å². The third-order valence-corrected chi connectivity index (χ3v) is 2.85. The molecule has 0 saturated carbocycles. The van der Waals surface area contributed by atoms with Crippen LogP contribution in [-0.4, -0.2) is 21.8 Å². The van der Waals surface area contributed by atoms with Crippen LogP contribution in [0.5, 0.6) is 0 Å². The van der Waals surface area contributed by atoms with E-state index in [-0.39, 0.29) is 16.7 Å². The number of rotatable bonds is 2. The summed E-state index contributed by atoms with van der Waals surface area (Å²) in [5.41, 5.74) is 16.9. The molecule has 0 atom stereocenters. The molecule has 0 radical (unpaired) electrons. The van der Waals surface area contributed by atoms with Crippen molar-refractivity contribution >= 4 is 34.9 Å². The Labute approximate surface area is 131 Å². The van der Waals surface area contributed by atoms with E-state index in [1.54, 1.807) is 12.2 Å². The highest BCUT2D eigenvalue weighted by molar-refractivity contribution is 6.31. The van der Waals surface area contributed by atoms with Crippen LogP contribution in [0.1, 0.15) is 16.2 Å². The molecule has 112 valence electrons. The molecule has 0 fully saturated rings. The van der Waals surface area contributed by atoms with E-state index < -0.39 is 11.9 Å². The van der Waals surface area contributed by atoms with Crippen molar-refractivity contribution in [3.63, 3.8) is 0 Å². The molecule has 7 nitrogen and oxygen atoms in total. The second-order valence-electron chi connectivity index (χ2n) is 4.19. The van der Waals surface area contributed by atoms with Gasteiger partial charge in [0.15, 0.2) is 22.6 Å². The summed E-state index contributed by atoms with van der Waals surface area (Å²) in [7, 11) is 0. The van der Waals surface area contributed by atoms with Crippen LogP contribution >= 0.6 is 11.6 Å². The molecule has 0 aromatic carbocycles. The zero-order valence-electron chi connectivity index (χ0n) is 11.4. The molecule has 22 heavy (non-hydrogen) atoms. The van der Waals surface area contributed by atoms with Crippen LogP contribution in [0.2, 0.25) is 5.15 Å². The second kappa shape index (κ2) is 6.68. The van der Waals surface area contributed by atoms with Gasteiger partial charge in [-0.3, -0.25) is 4.79 Å². The fourth-order valence-electron chi connectivity index (χ4n) is 1.66. The lowest BCUT2D eigenvalue weighted by atomic mass is 10.1. The number of guanidine groups is 1. The lowest BCUT2D eigenvalue weighted by Crippen LogP contribution is -2.24. The highest BCUT2D eigenvalue weighted by atomic mass is 35.5. The van der Waals surface area contributed by atoms with Gasteiger partial charge in [0, 0.05) is 5.57 Å². The van der Waals surface area contributed by atoms with Gasteiger partial charge in [-0.1, -0.05) is 54.1 Å². The van der Waals surface area contributed by atoms with E-state index in [1.165, 1.54) is 0 Å². The Balaban J connectivity index is 2.47. The molecule has 1 aliphatic rings. The molecular formula is C14H13ClN6O. The highest BCUT2D eigenvalue weighted by Crippen LogP contribution is 2.25. The fraction of sp³-hybridized carbons (Fsp3) is 0. The molecule has 6 N–H and O–H groups in total. The van der Waals surface area contributed by atoms with Crippen LogP contribution in [0.4, 0.5) is 5.82 Å². The van der Waals surface area contributed by atoms with Crippen molar-refractivity contribution in [2.45, 2.75) is 0 Å². The van der Waals surface area contributed by atoms with Crippen molar-refractivity contribution in [1.29, 1.82) is 0 Å². The van der Waals surface area contributed by atoms with E-state index in [4.69, 9.17) is 28.8 Å². The number of carbonyl (C=O) groups excluding carboxylic acids is 1. The predicted octanol–water partition coefficient (Wildman–Crippen LogP) is 1.19. The molecule has 1 heterocycles. The summed E-state index contributed by atoms with van der Waals surface area (Å²) >= 11 is 6.10. The first kappa shape index (κ1) is 15.5. The molecule has 8 heteroatoms. The van der Waals surface area contributed by atoms with E-state index in [9.17, 15) is 4.79 Å². The molecule has 1 aromatic heterocycles. The first-order valence-electron chi connectivity index (χ1n) is 6.18. The first-order valence-corrected chi connectivity index (χ1v) is 6.56. The number of carbonyl (C=O) groups is 1. The van der Waals surface area contributed by atoms with E-state index in [0.29, 0.717) is 11.3 Å². The van der Waals surface area contributed by atoms with Crippen LogP contribution in [0, 0.1) is 0 Å². The Morgan fingerprint density at radius 2 is 1.77 bits per heavy atom. The third kappa shape index (κ3) is 3.58. The molecule has 1 amide bonds. The number of nitrogens with zero attached hydrogens (tertiary/aromatic N) is 3. The molecule has 0 saturated heterocycles. The number of nitrogens with two attached hydrogens (primary N) is 3. The largest absolute Gasteiger partial charge is 0.382 e. The highest BCUT2D eigenvalue weighted by Gasteiger charge is 2.18. The number of hydrogen-bond acceptors (Lipinski definition) is 4. The van der Waals surface area contributed by atoms with E-state index in [2.05, 4.69) is 15.0 Å². The van der Waals surface area contributed by atoms with Crippen molar-refractivity contribution in [2.75, 3.05) is 5.73 Å². The molecule has 0 aliphatic heterocycles. The molecule has 1 aromatic rings. The van der Waals surface area contributed by atoms with Crippen LogP contribution in [0.25, 0.3) is 5.57 Å². The van der Waals surface area contributed by atoms with Crippen LogP contribution < -0.4 is 17.2 Å². The van der Waals surface area contributed by atoms with Gasteiger partial charge in [-0.2, -0.15) is 4.99 Å². The smallest absolute Gasteiger partial charge is 0.302 e. The van der Waals surface area contributed by atoms with Crippen LogP contribution in [0.3, 0.4) is 0 Å². The van der Waals surface area contributed by atoms with Crippen molar-refractivity contribution in [3.8, 4) is 0 Å². The summed E-state index contributed by atoms with van der Waals surface area (Å²) in [5.74, 6) is -1.30. The van der Waals surface area contributed by atoms with Gasteiger partial charge in [0.05, 0.1) is 0 Å². The summed E-state index contributed by atoms with van der Waals surface area (Å²) < 4.78 is 0. The topological polar surface area (TPSA) is 133 Å². The SMILES string of the molecule is NC(N)=NC(=O)c1nc(Cl)c(C2=C/C=C\C=C/C=C\2)nc1N. The summed E-state index contributed by atoms with van der Waals surface area (Å²) in [6, 6.07) is 0. The van der Waals surface area contributed by atoms with Crippen molar-refractivity contribution in [3.05, 3.63) is 59.1 Å². The van der Waals surface area contributed by atoms with E-state index in [1.807, 2.05) is 30.4 Å². The quantitative estimate of drug-likeness (QED) is 0.554. The number of allylic oxidation sites excluding steroid dienone is 8. The maximum Gasteiger partial charge on any atom is 0.302 e. The zero-order chi connectivity index (χ0) is 16.1. The van der Waals surface area contributed by atoms with Gasteiger partial charge in [0.1, 0.15) is 5.69 Å². The Bertz CT molecular complexity index is 757. The summed E-state index contributed by atoms with van der Waals surface area (Å²) in [6.45, 7) is 0. The van der Waals surface area contributed by atoms with E-state index in [0.717, 1.165) is 0 Å². The van der Waals surface area contributed by atoms with Crippen molar-refractivity contribution < 1.29 is 4.79 Å². The normalized spacial score (nSPS) is 20.0. The number of anilines is 1. The van der Waals surface area contributed by atoms with Crippen molar-refractivity contribution in [1.82, 2.24) is 9.97 Å². The lowest BCUT2D eigenvalue weighted by Gasteiger charge is -2.08. The number of amides is 1. The summed E-state index contributed by atoms with van der Waals surface area (Å²) in [6.07, 6.45) is 12.8. The Morgan fingerprint density at radius 3 is 2.50 bits per heavy atom. The first-order chi connectivity index (χ1) is 10.5. The number of aromatic nitrogens is 2. The maximum absolute atomic E-state index is 11.8. The molecule has 0 bridgehead atoms. The average Bonchev–Trinajstić information content (AvgIpc) is 2.40. The minimum Gasteiger partial charge on any atom is -0.382 e. The Kier molecular flexibility index (Phi) is 4.70. The monoisotopic (exact) mass is 316 g/mol. The zero-order valence-corrected chi connectivity index (χ0v) is 12.2. The lowest BCUT2D eigenvalue weighted by molar-refractivity contribution is 0.0998. The number of hydrogen-bond donors (Lipinski definition) is 3.